The number of nitrogens with one attached hydrogen (secondary N) is 1. The highest BCUT2D eigenvalue weighted by molar-refractivity contribution is 7.47. The Morgan fingerprint density at radius 2 is 0.902 bits per heavy atom. The Morgan fingerprint density at radius 3 is 1.25 bits per heavy atom. The average molecular weight is 747 g/mol. The molecule has 306 valence electrons. The molecule has 0 saturated carbocycles. The molecule has 51 heavy (non-hydrogen) atoms. The SMILES string of the molecule is CCCCCCCCCCCCCCCCCCCCCCCCC(=O)NC(COP(=O)(O)OCCN)C(O)CCCCCCCCCCCC. The molecular formula is C42H87N2O6P. The molecule has 1 amide bonds. The summed E-state index contributed by atoms with van der Waals surface area (Å²) in [7, 11) is -4.30. The van der Waals surface area contributed by atoms with Crippen LogP contribution in [0.5, 0.6) is 0 Å². The third-order valence-corrected chi connectivity index (χ3v) is 11.2. The maximum Gasteiger partial charge on any atom is 0.472 e. The van der Waals surface area contributed by atoms with Gasteiger partial charge in [-0.1, -0.05) is 213 Å². The van der Waals surface area contributed by atoms with Crippen LogP contribution in [-0.2, 0) is 18.4 Å². The van der Waals surface area contributed by atoms with Crippen molar-refractivity contribution in [2.24, 2.45) is 5.73 Å². The van der Waals surface area contributed by atoms with Crippen molar-refractivity contribution in [3.63, 3.8) is 0 Å². The second kappa shape index (κ2) is 39.2. The number of amides is 1. The van der Waals surface area contributed by atoms with E-state index in [4.69, 9.17) is 14.8 Å². The minimum Gasteiger partial charge on any atom is -0.391 e. The number of nitrogens with two attached hydrogens (primary N) is 1. The minimum atomic E-state index is -4.30. The van der Waals surface area contributed by atoms with Crippen LogP contribution in [-0.4, -0.2) is 47.8 Å². The van der Waals surface area contributed by atoms with Crippen molar-refractivity contribution >= 4 is 13.7 Å². The summed E-state index contributed by atoms with van der Waals surface area (Å²) < 4.78 is 22.1. The van der Waals surface area contributed by atoms with E-state index in [-0.39, 0.29) is 25.7 Å². The molecular weight excluding hydrogens is 659 g/mol. The van der Waals surface area contributed by atoms with Crippen LogP contribution < -0.4 is 11.1 Å². The molecule has 0 bridgehead atoms. The van der Waals surface area contributed by atoms with Crippen molar-refractivity contribution in [2.75, 3.05) is 19.8 Å². The van der Waals surface area contributed by atoms with Gasteiger partial charge in [-0.05, 0) is 12.8 Å². The molecule has 5 N–H and O–H groups in total. The van der Waals surface area contributed by atoms with Gasteiger partial charge in [-0.3, -0.25) is 13.8 Å². The standard InChI is InChI=1S/C42H87N2O6P/c1-3-5-7-9-11-13-15-16-17-18-19-20-21-22-23-24-25-26-28-30-32-34-36-42(46)44-40(39-50-51(47,48)49-38-37-43)41(45)35-33-31-29-27-14-12-10-8-6-4-2/h40-41,45H,3-39,43H2,1-2H3,(H,44,46)(H,47,48). The normalized spacial score (nSPS) is 14.1. The van der Waals surface area contributed by atoms with E-state index < -0.39 is 20.0 Å². The molecule has 0 radical (unpaired) electrons. The Labute approximate surface area is 316 Å². The van der Waals surface area contributed by atoms with E-state index in [9.17, 15) is 19.4 Å². The van der Waals surface area contributed by atoms with Crippen LogP contribution >= 0.6 is 7.82 Å². The number of unbranched alkanes of at least 4 members (excludes halogenated alkanes) is 30. The highest BCUT2D eigenvalue weighted by Gasteiger charge is 2.27. The first-order valence-corrected chi connectivity index (χ1v) is 23.6. The van der Waals surface area contributed by atoms with Crippen LogP contribution in [0, 0.1) is 0 Å². The third-order valence-electron chi connectivity index (χ3n) is 10.2. The molecule has 0 aliphatic rings. The number of hydrogen-bond acceptors (Lipinski definition) is 6. The Kier molecular flexibility index (Phi) is 38.8. The van der Waals surface area contributed by atoms with E-state index in [1.54, 1.807) is 0 Å². The van der Waals surface area contributed by atoms with Crippen LogP contribution in [0.15, 0.2) is 0 Å². The summed E-state index contributed by atoms with van der Waals surface area (Å²) in [4.78, 5) is 22.7. The molecule has 0 aliphatic heterocycles. The van der Waals surface area contributed by atoms with Crippen LogP contribution in [0.3, 0.4) is 0 Å². The Morgan fingerprint density at radius 1 is 0.569 bits per heavy atom. The van der Waals surface area contributed by atoms with Crippen LogP contribution in [0.4, 0.5) is 0 Å². The van der Waals surface area contributed by atoms with Crippen LogP contribution in [0.25, 0.3) is 0 Å². The van der Waals surface area contributed by atoms with E-state index in [2.05, 4.69) is 19.2 Å². The summed E-state index contributed by atoms with van der Waals surface area (Å²) in [6, 6.07) is -0.766. The van der Waals surface area contributed by atoms with Gasteiger partial charge in [0.25, 0.3) is 0 Å². The van der Waals surface area contributed by atoms with Crippen LogP contribution in [0.1, 0.15) is 232 Å². The quantitative estimate of drug-likeness (QED) is 0.0361. The van der Waals surface area contributed by atoms with Gasteiger partial charge in [0.1, 0.15) is 0 Å². The largest absolute Gasteiger partial charge is 0.472 e. The fourth-order valence-corrected chi connectivity index (χ4v) is 7.60. The highest BCUT2D eigenvalue weighted by Crippen LogP contribution is 2.43. The van der Waals surface area contributed by atoms with Crippen molar-refractivity contribution < 1.29 is 28.4 Å². The molecule has 0 aromatic heterocycles. The van der Waals surface area contributed by atoms with E-state index in [0.717, 1.165) is 38.5 Å². The molecule has 0 saturated heterocycles. The van der Waals surface area contributed by atoms with E-state index in [0.29, 0.717) is 12.8 Å². The number of hydrogen-bond donors (Lipinski definition) is 4. The lowest BCUT2D eigenvalue weighted by molar-refractivity contribution is -0.123. The summed E-state index contributed by atoms with van der Waals surface area (Å²) in [5.41, 5.74) is 5.37. The lowest BCUT2D eigenvalue weighted by atomic mass is 10.0. The Bertz CT molecular complexity index is 774. The first-order chi connectivity index (χ1) is 24.9. The van der Waals surface area contributed by atoms with Crippen molar-refractivity contribution in [1.82, 2.24) is 5.32 Å². The number of phosphoric ester groups is 1. The van der Waals surface area contributed by atoms with E-state index in [1.807, 2.05) is 0 Å². The van der Waals surface area contributed by atoms with Gasteiger partial charge in [-0.15, -0.1) is 0 Å². The number of carbonyl (C=O) groups is 1. The number of rotatable bonds is 42. The Balaban J connectivity index is 3.97. The van der Waals surface area contributed by atoms with E-state index in [1.165, 1.54) is 167 Å². The Hall–Kier alpha value is -0.500. The maximum absolute atomic E-state index is 12.7. The maximum atomic E-state index is 12.7. The number of aliphatic hydroxyl groups excluding tert-OH is 1. The van der Waals surface area contributed by atoms with Gasteiger partial charge in [-0.2, -0.15) is 0 Å². The minimum absolute atomic E-state index is 0.0922. The lowest BCUT2D eigenvalue weighted by Gasteiger charge is -2.25. The highest BCUT2D eigenvalue weighted by atomic mass is 31.2. The van der Waals surface area contributed by atoms with Gasteiger partial charge < -0.3 is 21.1 Å². The summed E-state index contributed by atoms with van der Waals surface area (Å²) in [6.45, 7) is 4.22. The second-order valence-corrected chi connectivity index (χ2v) is 16.7. The summed E-state index contributed by atoms with van der Waals surface area (Å²) in [5.74, 6) is -0.158. The molecule has 0 rings (SSSR count). The predicted octanol–water partition coefficient (Wildman–Crippen LogP) is 12.2. The number of aliphatic hydroxyl groups is 1. The molecule has 0 aromatic carbocycles. The monoisotopic (exact) mass is 747 g/mol. The molecule has 3 atom stereocenters. The molecule has 9 heteroatoms. The van der Waals surface area contributed by atoms with Crippen LogP contribution in [0.2, 0.25) is 0 Å². The summed E-state index contributed by atoms with van der Waals surface area (Å²) in [5, 5.41) is 13.7. The topological polar surface area (TPSA) is 131 Å². The van der Waals surface area contributed by atoms with E-state index >= 15 is 0 Å². The third kappa shape index (κ3) is 37.6. The van der Waals surface area contributed by atoms with Gasteiger partial charge >= 0.3 is 7.82 Å². The molecule has 0 aliphatic carbocycles. The molecule has 0 spiro atoms. The number of phosphoric acid groups is 1. The van der Waals surface area contributed by atoms with Gasteiger partial charge in [-0.25, -0.2) is 4.57 Å². The molecule has 8 nitrogen and oxygen atoms in total. The van der Waals surface area contributed by atoms with Gasteiger partial charge in [0, 0.05) is 13.0 Å². The second-order valence-electron chi connectivity index (χ2n) is 15.3. The summed E-state index contributed by atoms with van der Waals surface area (Å²) in [6.07, 6.45) is 41.2. The lowest BCUT2D eigenvalue weighted by Crippen LogP contribution is -2.46. The van der Waals surface area contributed by atoms with Crippen molar-refractivity contribution in [1.29, 1.82) is 0 Å². The fourth-order valence-electron chi connectivity index (χ4n) is 6.84. The van der Waals surface area contributed by atoms with Crippen molar-refractivity contribution in [3.8, 4) is 0 Å². The van der Waals surface area contributed by atoms with Gasteiger partial charge in [0.15, 0.2) is 0 Å². The molecule has 0 fully saturated rings. The zero-order valence-corrected chi connectivity index (χ0v) is 34.8. The number of carbonyl (C=O) groups excluding carboxylic acids is 1. The average Bonchev–Trinajstić information content (AvgIpc) is 3.12. The first kappa shape index (κ1) is 50.5. The zero-order chi connectivity index (χ0) is 37.5. The van der Waals surface area contributed by atoms with Gasteiger partial charge in [0.05, 0.1) is 25.4 Å². The van der Waals surface area contributed by atoms with Gasteiger partial charge in [0.2, 0.25) is 5.91 Å². The predicted molar refractivity (Wildman–Crippen MR) is 217 cm³/mol. The molecule has 0 heterocycles. The van der Waals surface area contributed by atoms with Crippen molar-refractivity contribution in [2.45, 2.75) is 244 Å². The molecule has 3 unspecified atom stereocenters. The van der Waals surface area contributed by atoms with Crippen molar-refractivity contribution in [3.05, 3.63) is 0 Å². The smallest absolute Gasteiger partial charge is 0.391 e. The first-order valence-electron chi connectivity index (χ1n) is 22.2. The summed E-state index contributed by atoms with van der Waals surface area (Å²) >= 11 is 0. The zero-order valence-electron chi connectivity index (χ0n) is 33.9. The molecule has 0 aromatic rings. The fraction of sp³-hybridized carbons (Fsp3) is 0.976.